The highest BCUT2D eigenvalue weighted by Gasteiger charge is 2.13. The molecule has 0 saturated carbocycles. The van der Waals surface area contributed by atoms with Crippen LogP contribution in [0.5, 0.6) is 0 Å². The number of aromatic nitrogens is 3. The molecule has 0 atom stereocenters. The van der Waals surface area contributed by atoms with Crippen LogP contribution in [0.25, 0.3) is 23.0 Å². The van der Waals surface area contributed by atoms with E-state index in [1.54, 1.807) is 6.07 Å². The number of anilines is 1. The van der Waals surface area contributed by atoms with Crippen molar-refractivity contribution in [2.75, 3.05) is 5.73 Å². The Morgan fingerprint density at radius 1 is 1.10 bits per heavy atom. The van der Waals surface area contributed by atoms with Crippen LogP contribution in [0.4, 0.5) is 14.5 Å². The molecule has 3 aromatic rings. The predicted molar refractivity (Wildman–Crippen MR) is 67.3 cm³/mol. The lowest BCUT2D eigenvalue weighted by Gasteiger charge is -1.97. The first-order valence-corrected chi connectivity index (χ1v) is 5.64. The molecule has 2 aromatic heterocycles. The van der Waals surface area contributed by atoms with Crippen molar-refractivity contribution in [2.45, 2.75) is 0 Å². The predicted octanol–water partition coefficient (Wildman–Crippen LogP) is 2.66. The Labute approximate surface area is 112 Å². The zero-order valence-corrected chi connectivity index (χ0v) is 10.0. The van der Waals surface area contributed by atoms with Crippen molar-refractivity contribution in [1.29, 1.82) is 0 Å². The molecule has 0 radical (unpaired) electrons. The molecule has 0 saturated heterocycles. The normalized spacial score (nSPS) is 10.7. The Morgan fingerprint density at radius 2 is 1.95 bits per heavy atom. The molecule has 100 valence electrons. The van der Waals surface area contributed by atoms with Gasteiger partial charge in [-0.05, 0) is 30.3 Å². The Kier molecular flexibility index (Phi) is 2.86. The fourth-order valence-corrected chi connectivity index (χ4v) is 1.61. The number of nitrogen functional groups attached to an aromatic ring is 1. The first-order valence-electron chi connectivity index (χ1n) is 5.64. The molecule has 0 aliphatic carbocycles. The average molecular weight is 274 g/mol. The van der Waals surface area contributed by atoms with E-state index in [1.165, 1.54) is 24.3 Å². The Hall–Kier alpha value is -2.83. The lowest BCUT2D eigenvalue weighted by molar-refractivity contribution is 0.432. The van der Waals surface area contributed by atoms with Gasteiger partial charge < -0.3 is 10.3 Å². The molecule has 20 heavy (non-hydrogen) atoms. The summed E-state index contributed by atoms with van der Waals surface area (Å²) < 4.78 is 31.2. The SMILES string of the molecule is Nc1ccc(-c2nc(-c3ccc(F)cn3)no2)cc1F. The molecule has 3 rings (SSSR count). The van der Waals surface area contributed by atoms with Gasteiger partial charge >= 0.3 is 0 Å². The van der Waals surface area contributed by atoms with Crippen LogP contribution in [0.15, 0.2) is 41.1 Å². The van der Waals surface area contributed by atoms with Crippen molar-refractivity contribution in [3.8, 4) is 23.0 Å². The molecular formula is C13H8F2N4O. The Balaban J connectivity index is 1.97. The number of pyridine rings is 1. The van der Waals surface area contributed by atoms with Crippen LogP contribution < -0.4 is 5.73 Å². The molecular weight excluding hydrogens is 266 g/mol. The summed E-state index contributed by atoms with van der Waals surface area (Å²) in [6, 6.07) is 6.83. The maximum atomic E-state index is 13.4. The van der Waals surface area contributed by atoms with E-state index in [0.717, 1.165) is 6.20 Å². The van der Waals surface area contributed by atoms with Crippen LogP contribution in [0.1, 0.15) is 0 Å². The molecule has 5 nitrogen and oxygen atoms in total. The fraction of sp³-hybridized carbons (Fsp3) is 0. The highest BCUT2D eigenvalue weighted by atomic mass is 19.1. The number of hydrogen-bond donors (Lipinski definition) is 1. The van der Waals surface area contributed by atoms with Gasteiger partial charge in [-0.1, -0.05) is 5.16 Å². The topological polar surface area (TPSA) is 77.8 Å². The van der Waals surface area contributed by atoms with Crippen molar-refractivity contribution < 1.29 is 13.3 Å². The molecule has 1 aromatic carbocycles. The average Bonchev–Trinajstić information content (AvgIpc) is 2.92. The third-order valence-electron chi connectivity index (χ3n) is 2.63. The third-order valence-corrected chi connectivity index (χ3v) is 2.63. The van der Waals surface area contributed by atoms with Gasteiger partial charge in [0, 0.05) is 5.56 Å². The van der Waals surface area contributed by atoms with Gasteiger partial charge in [0.15, 0.2) is 0 Å². The number of benzene rings is 1. The molecule has 0 amide bonds. The van der Waals surface area contributed by atoms with E-state index in [2.05, 4.69) is 15.1 Å². The Bertz CT molecular complexity index is 755. The summed E-state index contributed by atoms with van der Waals surface area (Å²) in [5.74, 6) is -0.706. The first kappa shape index (κ1) is 12.2. The number of nitrogens with two attached hydrogens (primary N) is 1. The Morgan fingerprint density at radius 3 is 2.65 bits per heavy atom. The van der Waals surface area contributed by atoms with Crippen molar-refractivity contribution in [2.24, 2.45) is 0 Å². The van der Waals surface area contributed by atoms with Gasteiger partial charge in [-0.25, -0.2) is 13.8 Å². The number of halogens is 2. The molecule has 7 heteroatoms. The van der Waals surface area contributed by atoms with Crippen LogP contribution in [0.3, 0.4) is 0 Å². The molecule has 0 unspecified atom stereocenters. The molecule has 2 N–H and O–H groups in total. The van der Waals surface area contributed by atoms with Crippen LogP contribution in [-0.2, 0) is 0 Å². The minimum Gasteiger partial charge on any atom is -0.396 e. The molecule has 0 fully saturated rings. The maximum absolute atomic E-state index is 13.4. The molecule has 0 spiro atoms. The van der Waals surface area contributed by atoms with Crippen molar-refractivity contribution in [3.05, 3.63) is 48.2 Å². The number of nitrogens with zero attached hydrogens (tertiary/aromatic N) is 3. The van der Waals surface area contributed by atoms with E-state index in [9.17, 15) is 8.78 Å². The van der Waals surface area contributed by atoms with Crippen LogP contribution in [0, 0.1) is 11.6 Å². The van der Waals surface area contributed by atoms with Gasteiger partial charge in [-0.3, -0.25) is 0 Å². The second kappa shape index (κ2) is 4.69. The lowest BCUT2D eigenvalue weighted by atomic mass is 10.2. The minimum atomic E-state index is -0.567. The van der Waals surface area contributed by atoms with E-state index in [-0.39, 0.29) is 17.4 Å². The number of hydrogen-bond acceptors (Lipinski definition) is 5. The summed E-state index contributed by atoms with van der Waals surface area (Å²) in [7, 11) is 0. The minimum absolute atomic E-state index is 0.0358. The van der Waals surface area contributed by atoms with Crippen molar-refractivity contribution in [3.63, 3.8) is 0 Å². The molecule has 2 heterocycles. The van der Waals surface area contributed by atoms with E-state index < -0.39 is 11.6 Å². The number of rotatable bonds is 2. The second-order valence-electron chi connectivity index (χ2n) is 4.02. The highest BCUT2D eigenvalue weighted by Crippen LogP contribution is 2.23. The summed E-state index contributed by atoms with van der Waals surface area (Å²) in [5.41, 5.74) is 6.19. The molecule has 0 bridgehead atoms. The van der Waals surface area contributed by atoms with Gasteiger partial charge in [0.05, 0.1) is 11.9 Å². The van der Waals surface area contributed by atoms with E-state index >= 15 is 0 Å². The van der Waals surface area contributed by atoms with Gasteiger partial charge in [0.2, 0.25) is 5.82 Å². The van der Waals surface area contributed by atoms with Crippen LogP contribution in [0.2, 0.25) is 0 Å². The third kappa shape index (κ3) is 2.20. The van der Waals surface area contributed by atoms with E-state index in [0.29, 0.717) is 11.3 Å². The van der Waals surface area contributed by atoms with Gasteiger partial charge in [0.1, 0.15) is 17.3 Å². The second-order valence-corrected chi connectivity index (χ2v) is 4.02. The van der Waals surface area contributed by atoms with Gasteiger partial charge in [0.25, 0.3) is 5.89 Å². The van der Waals surface area contributed by atoms with Crippen LogP contribution >= 0.6 is 0 Å². The van der Waals surface area contributed by atoms with E-state index in [4.69, 9.17) is 10.3 Å². The monoisotopic (exact) mass is 274 g/mol. The summed E-state index contributed by atoms with van der Waals surface area (Å²) in [6.45, 7) is 0. The standard InChI is InChI=1S/C13H8F2N4O/c14-8-2-4-11(17-6-8)12-18-13(20-19-12)7-1-3-10(16)9(15)5-7/h1-6H,16H2. The van der Waals surface area contributed by atoms with Crippen molar-refractivity contribution >= 4 is 5.69 Å². The quantitative estimate of drug-likeness (QED) is 0.727. The zero-order chi connectivity index (χ0) is 14.1. The summed E-state index contributed by atoms with van der Waals surface area (Å²) >= 11 is 0. The van der Waals surface area contributed by atoms with E-state index in [1.807, 2.05) is 0 Å². The summed E-state index contributed by atoms with van der Waals surface area (Å²) in [4.78, 5) is 7.91. The fourth-order valence-electron chi connectivity index (χ4n) is 1.61. The van der Waals surface area contributed by atoms with Gasteiger partial charge in [-0.2, -0.15) is 4.98 Å². The van der Waals surface area contributed by atoms with Gasteiger partial charge in [-0.15, -0.1) is 0 Å². The zero-order valence-electron chi connectivity index (χ0n) is 10.0. The van der Waals surface area contributed by atoms with Crippen LogP contribution in [-0.4, -0.2) is 15.1 Å². The molecule has 0 aliphatic heterocycles. The largest absolute Gasteiger partial charge is 0.396 e. The highest BCUT2D eigenvalue weighted by molar-refractivity contribution is 5.60. The summed E-state index contributed by atoms with van der Waals surface area (Å²) in [6.07, 6.45) is 1.05. The first-order chi connectivity index (χ1) is 9.63. The lowest BCUT2D eigenvalue weighted by Crippen LogP contribution is -1.90. The summed E-state index contributed by atoms with van der Waals surface area (Å²) in [5, 5.41) is 3.72. The molecule has 0 aliphatic rings. The smallest absolute Gasteiger partial charge is 0.258 e. The maximum Gasteiger partial charge on any atom is 0.258 e. The van der Waals surface area contributed by atoms with Crippen molar-refractivity contribution in [1.82, 2.24) is 15.1 Å².